The maximum atomic E-state index is 11.4. The quantitative estimate of drug-likeness (QED) is 0.563. The van der Waals surface area contributed by atoms with E-state index in [9.17, 15) is 9.59 Å². The van der Waals surface area contributed by atoms with E-state index in [0.717, 1.165) is 11.8 Å². The van der Waals surface area contributed by atoms with E-state index < -0.39 is 6.09 Å². The zero-order valence-electron chi connectivity index (χ0n) is 9.26. The van der Waals surface area contributed by atoms with E-state index in [4.69, 9.17) is 4.74 Å². The standard InChI is InChI=1S/C12H15NO3/c1-13(12(15)16-9-5-8-14)10-11-6-3-2-4-7-11/h2-4,6-8H,5,9-10H2,1H3. The Bertz CT molecular complexity index is 337. The summed E-state index contributed by atoms with van der Waals surface area (Å²) in [7, 11) is 1.66. The predicted molar refractivity (Wildman–Crippen MR) is 59.9 cm³/mol. The third-order valence-electron chi connectivity index (χ3n) is 2.04. The molecule has 1 rings (SSSR count). The molecule has 1 aromatic carbocycles. The zero-order chi connectivity index (χ0) is 11.8. The lowest BCUT2D eigenvalue weighted by Gasteiger charge is -2.16. The summed E-state index contributed by atoms with van der Waals surface area (Å²) in [5, 5.41) is 0. The summed E-state index contributed by atoms with van der Waals surface area (Å²) in [5.74, 6) is 0. The Kier molecular flexibility index (Phi) is 5.05. The number of nitrogens with zero attached hydrogens (tertiary/aromatic N) is 1. The van der Waals surface area contributed by atoms with E-state index in [1.54, 1.807) is 7.05 Å². The minimum Gasteiger partial charge on any atom is -0.449 e. The molecular weight excluding hydrogens is 206 g/mol. The Morgan fingerprint density at radius 2 is 2.06 bits per heavy atom. The highest BCUT2D eigenvalue weighted by atomic mass is 16.6. The number of hydrogen-bond acceptors (Lipinski definition) is 3. The highest BCUT2D eigenvalue weighted by Gasteiger charge is 2.09. The van der Waals surface area contributed by atoms with Gasteiger partial charge in [-0.15, -0.1) is 0 Å². The Morgan fingerprint density at radius 1 is 1.38 bits per heavy atom. The lowest BCUT2D eigenvalue weighted by molar-refractivity contribution is -0.108. The smallest absolute Gasteiger partial charge is 0.409 e. The Balaban J connectivity index is 2.37. The SMILES string of the molecule is CN(Cc1ccccc1)C(=O)OCCC=O. The van der Waals surface area contributed by atoms with Gasteiger partial charge in [-0.05, 0) is 5.56 Å². The lowest BCUT2D eigenvalue weighted by atomic mass is 10.2. The third-order valence-corrected chi connectivity index (χ3v) is 2.04. The van der Waals surface area contributed by atoms with E-state index in [1.165, 1.54) is 4.90 Å². The monoisotopic (exact) mass is 221 g/mol. The van der Waals surface area contributed by atoms with Crippen LogP contribution in [0.15, 0.2) is 30.3 Å². The predicted octanol–water partition coefficient (Wildman–Crippen LogP) is 1.84. The Hall–Kier alpha value is -1.84. The summed E-state index contributed by atoms with van der Waals surface area (Å²) in [6, 6.07) is 9.64. The van der Waals surface area contributed by atoms with Gasteiger partial charge in [0.15, 0.2) is 0 Å². The van der Waals surface area contributed by atoms with Gasteiger partial charge in [0.05, 0.1) is 6.61 Å². The van der Waals surface area contributed by atoms with E-state index in [2.05, 4.69) is 0 Å². The minimum atomic E-state index is -0.411. The molecule has 86 valence electrons. The van der Waals surface area contributed by atoms with Gasteiger partial charge in [-0.1, -0.05) is 30.3 Å². The van der Waals surface area contributed by atoms with Crippen LogP contribution >= 0.6 is 0 Å². The molecule has 4 heteroatoms. The molecule has 1 amide bonds. The first-order valence-electron chi connectivity index (χ1n) is 5.09. The van der Waals surface area contributed by atoms with Crippen LogP contribution in [0.4, 0.5) is 4.79 Å². The molecule has 0 radical (unpaired) electrons. The first kappa shape index (κ1) is 12.2. The molecule has 0 aromatic heterocycles. The fourth-order valence-corrected chi connectivity index (χ4v) is 1.23. The summed E-state index contributed by atoms with van der Waals surface area (Å²) in [6.07, 6.45) is 0.556. The second-order valence-electron chi connectivity index (χ2n) is 3.41. The number of aldehydes is 1. The largest absolute Gasteiger partial charge is 0.449 e. The van der Waals surface area contributed by atoms with Crippen molar-refractivity contribution in [3.8, 4) is 0 Å². The Labute approximate surface area is 94.8 Å². The molecular formula is C12H15NO3. The highest BCUT2D eigenvalue weighted by Crippen LogP contribution is 2.03. The van der Waals surface area contributed by atoms with Crippen LogP contribution < -0.4 is 0 Å². The van der Waals surface area contributed by atoms with Gasteiger partial charge in [-0.3, -0.25) is 0 Å². The molecule has 0 saturated carbocycles. The van der Waals surface area contributed by atoms with Crippen molar-refractivity contribution >= 4 is 12.4 Å². The fraction of sp³-hybridized carbons (Fsp3) is 0.333. The molecule has 0 aliphatic rings. The molecule has 0 heterocycles. The van der Waals surface area contributed by atoms with Crippen LogP contribution in [-0.2, 0) is 16.1 Å². The van der Waals surface area contributed by atoms with Crippen LogP contribution in [0.25, 0.3) is 0 Å². The van der Waals surface area contributed by atoms with Crippen molar-refractivity contribution < 1.29 is 14.3 Å². The molecule has 4 nitrogen and oxygen atoms in total. The van der Waals surface area contributed by atoms with E-state index in [-0.39, 0.29) is 13.0 Å². The molecule has 0 N–H and O–H groups in total. The summed E-state index contributed by atoms with van der Waals surface area (Å²) < 4.78 is 4.87. The maximum Gasteiger partial charge on any atom is 0.409 e. The Morgan fingerprint density at radius 3 is 2.69 bits per heavy atom. The molecule has 1 aromatic rings. The molecule has 0 aliphatic carbocycles. The number of carbonyl (C=O) groups is 2. The molecule has 0 saturated heterocycles. The first-order valence-corrected chi connectivity index (χ1v) is 5.09. The molecule has 0 aliphatic heterocycles. The van der Waals surface area contributed by atoms with Gasteiger partial charge in [0.2, 0.25) is 0 Å². The highest BCUT2D eigenvalue weighted by molar-refractivity contribution is 5.67. The molecule has 0 atom stereocenters. The van der Waals surface area contributed by atoms with Crippen molar-refractivity contribution in [3.05, 3.63) is 35.9 Å². The van der Waals surface area contributed by atoms with Crippen molar-refractivity contribution in [1.29, 1.82) is 0 Å². The number of hydrogen-bond donors (Lipinski definition) is 0. The van der Waals surface area contributed by atoms with Crippen LogP contribution in [0.1, 0.15) is 12.0 Å². The lowest BCUT2D eigenvalue weighted by Crippen LogP contribution is -2.27. The summed E-state index contributed by atoms with van der Waals surface area (Å²) in [5.41, 5.74) is 1.04. The average Bonchev–Trinajstić information content (AvgIpc) is 2.30. The van der Waals surface area contributed by atoms with Gasteiger partial charge in [-0.25, -0.2) is 4.79 Å². The van der Waals surface area contributed by atoms with Gasteiger partial charge < -0.3 is 14.4 Å². The van der Waals surface area contributed by atoms with Crippen molar-refractivity contribution in [2.75, 3.05) is 13.7 Å². The molecule has 16 heavy (non-hydrogen) atoms. The average molecular weight is 221 g/mol. The number of rotatable bonds is 5. The summed E-state index contributed by atoms with van der Waals surface area (Å²) in [4.78, 5) is 22.9. The topological polar surface area (TPSA) is 46.6 Å². The van der Waals surface area contributed by atoms with Crippen LogP contribution in [0, 0.1) is 0 Å². The zero-order valence-corrected chi connectivity index (χ0v) is 9.26. The van der Waals surface area contributed by atoms with Gasteiger partial charge in [0, 0.05) is 20.0 Å². The molecule has 0 unspecified atom stereocenters. The number of amides is 1. The summed E-state index contributed by atoms with van der Waals surface area (Å²) >= 11 is 0. The second-order valence-corrected chi connectivity index (χ2v) is 3.41. The maximum absolute atomic E-state index is 11.4. The number of ether oxygens (including phenoxy) is 1. The van der Waals surface area contributed by atoms with Gasteiger partial charge in [0.25, 0.3) is 0 Å². The van der Waals surface area contributed by atoms with Crippen LogP contribution in [0.5, 0.6) is 0 Å². The second kappa shape index (κ2) is 6.61. The minimum absolute atomic E-state index is 0.140. The van der Waals surface area contributed by atoms with E-state index in [0.29, 0.717) is 6.54 Å². The number of benzene rings is 1. The van der Waals surface area contributed by atoms with Crippen LogP contribution in [-0.4, -0.2) is 30.9 Å². The van der Waals surface area contributed by atoms with Crippen LogP contribution in [0.3, 0.4) is 0 Å². The summed E-state index contributed by atoms with van der Waals surface area (Å²) in [6.45, 7) is 0.641. The number of carbonyl (C=O) groups excluding carboxylic acids is 2. The first-order chi connectivity index (χ1) is 7.74. The van der Waals surface area contributed by atoms with Crippen molar-refractivity contribution in [2.45, 2.75) is 13.0 Å². The van der Waals surface area contributed by atoms with Crippen molar-refractivity contribution in [3.63, 3.8) is 0 Å². The normalized spacial score (nSPS) is 9.56. The molecule has 0 spiro atoms. The van der Waals surface area contributed by atoms with Crippen LogP contribution in [0.2, 0.25) is 0 Å². The van der Waals surface area contributed by atoms with Gasteiger partial charge in [-0.2, -0.15) is 0 Å². The third kappa shape index (κ3) is 4.13. The van der Waals surface area contributed by atoms with Gasteiger partial charge in [0.1, 0.15) is 6.29 Å². The fourth-order valence-electron chi connectivity index (χ4n) is 1.23. The van der Waals surface area contributed by atoms with Gasteiger partial charge >= 0.3 is 6.09 Å². The molecule has 0 bridgehead atoms. The molecule has 0 fully saturated rings. The van der Waals surface area contributed by atoms with Crippen molar-refractivity contribution in [2.24, 2.45) is 0 Å². The van der Waals surface area contributed by atoms with Crippen molar-refractivity contribution in [1.82, 2.24) is 4.90 Å². The van der Waals surface area contributed by atoms with E-state index >= 15 is 0 Å². The van der Waals surface area contributed by atoms with E-state index in [1.807, 2.05) is 30.3 Å².